The molecule has 2 bridgehead atoms. The maximum Gasteiger partial charge on any atom is 0.203 e. The van der Waals surface area contributed by atoms with Crippen molar-refractivity contribution in [2.24, 2.45) is 23.7 Å². The third-order valence-corrected chi connectivity index (χ3v) is 4.62. The Morgan fingerprint density at radius 3 is 1.92 bits per heavy atom. The number of carbonyl (C=O) groups is 2. The molecule has 5 atom stereocenters. The fourth-order valence-electron chi connectivity index (χ4n) is 3.61. The molecule has 0 heterocycles. The van der Waals surface area contributed by atoms with Crippen LogP contribution in [0, 0.1) is 23.7 Å². The zero-order chi connectivity index (χ0) is 9.16. The number of rotatable bonds is 0. The first-order valence-corrected chi connectivity index (χ1v) is 5.37. The van der Waals surface area contributed by atoms with Crippen molar-refractivity contribution in [3.8, 4) is 0 Å². The van der Waals surface area contributed by atoms with E-state index in [-0.39, 0.29) is 28.8 Å². The molecule has 0 spiro atoms. The van der Waals surface area contributed by atoms with E-state index >= 15 is 0 Å². The Morgan fingerprint density at radius 1 is 1.00 bits per heavy atom. The van der Waals surface area contributed by atoms with E-state index in [4.69, 9.17) is 11.6 Å². The summed E-state index contributed by atoms with van der Waals surface area (Å²) < 4.78 is 0. The van der Waals surface area contributed by atoms with Crippen LogP contribution in [0.15, 0.2) is 0 Å². The molecule has 0 radical (unpaired) electrons. The van der Waals surface area contributed by atoms with Crippen molar-refractivity contribution in [2.45, 2.75) is 24.6 Å². The molecule has 0 aromatic carbocycles. The van der Waals surface area contributed by atoms with Crippen molar-refractivity contribution in [1.82, 2.24) is 0 Å². The van der Waals surface area contributed by atoms with Crippen molar-refractivity contribution in [3.63, 3.8) is 0 Å². The highest BCUT2D eigenvalue weighted by Crippen LogP contribution is 2.57. The Labute approximate surface area is 81.6 Å². The van der Waals surface area contributed by atoms with Crippen LogP contribution in [0.4, 0.5) is 0 Å². The Morgan fingerprint density at radius 2 is 1.46 bits per heavy atom. The number of halogens is 1. The Hall–Kier alpha value is -0.370. The van der Waals surface area contributed by atoms with Gasteiger partial charge in [-0.05, 0) is 24.7 Å². The molecule has 0 saturated heterocycles. The molecule has 1 unspecified atom stereocenters. The summed E-state index contributed by atoms with van der Waals surface area (Å²) in [5.41, 5.74) is 0. The first-order chi connectivity index (χ1) is 6.22. The highest BCUT2D eigenvalue weighted by Gasteiger charge is 2.64. The monoisotopic (exact) mass is 198 g/mol. The molecule has 3 heteroatoms. The predicted octanol–water partition coefficient (Wildman–Crippen LogP) is 1.41. The summed E-state index contributed by atoms with van der Waals surface area (Å²) in [6.45, 7) is 0. The summed E-state index contributed by atoms with van der Waals surface area (Å²) in [6.07, 6.45) is 3.38. The molecule has 13 heavy (non-hydrogen) atoms. The van der Waals surface area contributed by atoms with Gasteiger partial charge in [0.05, 0.1) is 5.38 Å². The first kappa shape index (κ1) is 7.98. The fraction of sp³-hybridized carbons (Fsp3) is 0.800. The molecule has 0 amide bonds. The number of ketones is 2. The lowest BCUT2D eigenvalue weighted by molar-refractivity contribution is -0.141. The fourth-order valence-corrected chi connectivity index (χ4v) is 4.21. The summed E-state index contributed by atoms with van der Waals surface area (Å²) >= 11 is 6.13. The van der Waals surface area contributed by atoms with Crippen LogP contribution < -0.4 is 0 Å². The van der Waals surface area contributed by atoms with Crippen LogP contribution in [0.3, 0.4) is 0 Å². The van der Waals surface area contributed by atoms with Crippen LogP contribution in [0.5, 0.6) is 0 Å². The lowest BCUT2D eigenvalue weighted by Crippen LogP contribution is -2.32. The molecule has 0 aromatic rings. The molecule has 0 N–H and O–H groups in total. The van der Waals surface area contributed by atoms with Crippen LogP contribution in [-0.4, -0.2) is 16.9 Å². The van der Waals surface area contributed by atoms with Crippen molar-refractivity contribution in [1.29, 1.82) is 0 Å². The molecule has 70 valence electrons. The zero-order valence-corrected chi connectivity index (χ0v) is 7.96. The van der Waals surface area contributed by atoms with Crippen LogP contribution in [0.2, 0.25) is 0 Å². The summed E-state index contributed by atoms with van der Waals surface area (Å²) in [7, 11) is 0. The number of fused-ring (bicyclic) bond motifs is 5. The highest BCUT2D eigenvalue weighted by molar-refractivity contribution is 6.46. The molecule has 0 aliphatic heterocycles. The minimum atomic E-state index is -0.173. The van der Waals surface area contributed by atoms with E-state index in [9.17, 15) is 9.59 Å². The SMILES string of the molecule is O=C1C(=O)[C@H]2C(Cl)[C@@H]1[C@H]1CCC[C@H]12. The van der Waals surface area contributed by atoms with Gasteiger partial charge in [0.2, 0.25) is 11.6 Å². The topological polar surface area (TPSA) is 34.1 Å². The van der Waals surface area contributed by atoms with E-state index in [2.05, 4.69) is 0 Å². The number of carbonyl (C=O) groups excluding carboxylic acids is 2. The normalized spacial score (nSPS) is 53.2. The van der Waals surface area contributed by atoms with Gasteiger partial charge in [-0.1, -0.05) is 6.42 Å². The van der Waals surface area contributed by atoms with Gasteiger partial charge < -0.3 is 0 Å². The lowest BCUT2D eigenvalue weighted by atomic mass is 9.80. The van der Waals surface area contributed by atoms with E-state index in [0.717, 1.165) is 12.8 Å². The largest absolute Gasteiger partial charge is 0.290 e. The molecule has 3 fully saturated rings. The van der Waals surface area contributed by atoms with Gasteiger partial charge in [0, 0.05) is 11.8 Å². The Kier molecular flexibility index (Phi) is 1.44. The van der Waals surface area contributed by atoms with Crippen molar-refractivity contribution in [3.05, 3.63) is 0 Å². The summed E-state index contributed by atoms with van der Waals surface area (Å²) in [6, 6.07) is 0. The molecule has 3 aliphatic carbocycles. The average Bonchev–Trinajstić information content (AvgIpc) is 2.66. The smallest absolute Gasteiger partial charge is 0.203 e. The van der Waals surface area contributed by atoms with Crippen molar-refractivity contribution < 1.29 is 9.59 Å². The molecule has 3 saturated carbocycles. The second kappa shape index (κ2) is 2.35. The number of alkyl halides is 1. The van der Waals surface area contributed by atoms with Gasteiger partial charge >= 0.3 is 0 Å². The summed E-state index contributed by atoms with van der Waals surface area (Å²) in [5, 5.41) is -0.171. The van der Waals surface area contributed by atoms with Gasteiger partial charge in [-0.25, -0.2) is 0 Å². The average molecular weight is 199 g/mol. The highest BCUT2D eigenvalue weighted by atomic mass is 35.5. The number of hydrogen-bond acceptors (Lipinski definition) is 2. The van der Waals surface area contributed by atoms with E-state index in [1.165, 1.54) is 6.42 Å². The molecular weight excluding hydrogens is 188 g/mol. The second-order valence-electron chi connectivity index (χ2n) is 4.48. The minimum absolute atomic E-state index is 0.119. The van der Waals surface area contributed by atoms with E-state index in [1.807, 2.05) is 0 Å². The lowest BCUT2D eigenvalue weighted by Gasteiger charge is -2.21. The quantitative estimate of drug-likeness (QED) is 0.436. The van der Waals surface area contributed by atoms with Crippen LogP contribution >= 0.6 is 11.6 Å². The number of hydrogen-bond donors (Lipinski definition) is 0. The zero-order valence-electron chi connectivity index (χ0n) is 7.20. The molecular formula is C10H11ClO2. The van der Waals surface area contributed by atoms with E-state index in [0.29, 0.717) is 11.8 Å². The third-order valence-electron chi connectivity index (χ3n) is 4.08. The van der Waals surface area contributed by atoms with Crippen molar-refractivity contribution >= 4 is 23.2 Å². The molecule has 0 aromatic heterocycles. The van der Waals surface area contributed by atoms with Gasteiger partial charge in [-0.3, -0.25) is 9.59 Å². The van der Waals surface area contributed by atoms with Gasteiger partial charge in [0.1, 0.15) is 0 Å². The maximum atomic E-state index is 11.5. The summed E-state index contributed by atoms with van der Waals surface area (Å²) in [4.78, 5) is 23.0. The standard InChI is InChI=1S/C10H11ClO2/c11-8-6-4-2-1-3-5(4)7(8)10(13)9(6)12/h4-8H,1-3H2/t4-,5+,6-,7+,8?. The Bertz CT molecular complexity index is 271. The van der Waals surface area contributed by atoms with Gasteiger partial charge in [0.15, 0.2) is 0 Å². The van der Waals surface area contributed by atoms with Crippen molar-refractivity contribution in [2.75, 3.05) is 0 Å². The maximum absolute atomic E-state index is 11.5. The molecule has 3 aliphatic rings. The Balaban J connectivity index is 2.06. The molecule has 3 rings (SSSR count). The van der Waals surface area contributed by atoms with Gasteiger partial charge in [0.25, 0.3) is 0 Å². The van der Waals surface area contributed by atoms with Crippen LogP contribution in [0.25, 0.3) is 0 Å². The second-order valence-corrected chi connectivity index (χ2v) is 4.99. The van der Waals surface area contributed by atoms with Gasteiger partial charge in [-0.2, -0.15) is 0 Å². The molecule has 2 nitrogen and oxygen atoms in total. The number of Topliss-reactive ketones (excluding diaryl/α,β-unsaturated/α-hetero) is 2. The third kappa shape index (κ3) is 0.762. The van der Waals surface area contributed by atoms with E-state index < -0.39 is 0 Å². The van der Waals surface area contributed by atoms with Gasteiger partial charge in [-0.15, -0.1) is 11.6 Å². The van der Waals surface area contributed by atoms with Crippen LogP contribution in [-0.2, 0) is 9.59 Å². The van der Waals surface area contributed by atoms with E-state index in [1.54, 1.807) is 0 Å². The summed E-state index contributed by atoms with van der Waals surface area (Å²) in [5.74, 6) is 0.301. The minimum Gasteiger partial charge on any atom is -0.290 e. The predicted molar refractivity (Wildman–Crippen MR) is 47.5 cm³/mol. The first-order valence-electron chi connectivity index (χ1n) is 4.94. The van der Waals surface area contributed by atoms with Crippen LogP contribution in [0.1, 0.15) is 19.3 Å².